The first-order valence-corrected chi connectivity index (χ1v) is 7.76. The van der Waals surface area contributed by atoms with Gasteiger partial charge in [-0.1, -0.05) is 30.3 Å². The van der Waals surface area contributed by atoms with Gasteiger partial charge >= 0.3 is 5.97 Å². The van der Waals surface area contributed by atoms with Gasteiger partial charge < -0.3 is 14.2 Å². The van der Waals surface area contributed by atoms with Crippen LogP contribution in [-0.2, 0) is 18.1 Å². The minimum Gasteiger partial charge on any atom is -0.497 e. The van der Waals surface area contributed by atoms with Gasteiger partial charge in [0.15, 0.2) is 12.4 Å². The third kappa shape index (κ3) is 4.60. The van der Waals surface area contributed by atoms with E-state index in [1.165, 1.54) is 4.68 Å². The number of methoxy groups -OCH3 is 1. The fourth-order valence-corrected chi connectivity index (χ4v) is 2.18. The Balaban J connectivity index is 1.53. The zero-order chi connectivity index (χ0) is 17.5. The first-order chi connectivity index (χ1) is 12.2. The number of esters is 1. The van der Waals surface area contributed by atoms with Crippen LogP contribution in [0, 0.1) is 0 Å². The standard InChI is InChI=1S/C19H18N2O4/c1-23-17-9-5-6-15(12-17)13-24-19(22)18-10-11-21(20-18)14-25-16-7-3-2-4-8-16/h2-12H,13-14H2,1H3. The summed E-state index contributed by atoms with van der Waals surface area (Å²) < 4.78 is 17.5. The van der Waals surface area contributed by atoms with Gasteiger partial charge in [0.1, 0.15) is 18.1 Å². The summed E-state index contributed by atoms with van der Waals surface area (Å²) in [7, 11) is 1.59. The summed E-state index contributed by atoms with van der Waals surface area (Å²) in [5.74, 6) is 0.970. The first-order valence-electron chi connectivity index (χ1n) is 7.76. The molecule has 6 nitrogen and oxygen atoms in total. The van der Waals surface area contributed by atoms with E-state index >= 15 is 0 Å². The largest absolute Gasteiger partial charge is 0.497 e. The predicted octanol–water partition coefficient (Wildman–Crippen LogP) is 3.29. The summed E-state index contributed by atoms with van der Waals surface area (Å²) in [6.07, 6.45) is 1.67. The smallest absolute Gasteiger partial charge is 0.359 e. The van der Waals surface area contributed by atoms with Crippen LogP contribution in [0.15, 0.2) is 66.9 Å². The number of carbonyl (C=O) groups excluding carboxylic acids is 1. The van der Waals surface area contributed by atoms with Gasteiger partial charge in [-0.15, -0.1) is 0 Å². The number of rotatable bonds is 7. The molecule has 0 aliphatic rings. The Morgan fingerprint density at radius 2 is 1.84 bits per heavy atom. The van der Waals surface area contributed by atoms with Crippen LogP contribution < -0.4 is 9.47 Å². The topological polar surface area (TPSA) is 62.6 Å². The lowest BCUT2D eigenvalue weighted by atomic mass is 10.2. The van der Waals surface area contributed by atoms with Crippen molar-refractivity contribution < 1.29 is 19.0 Å². The van der Waals surface area contributed by atoms with Gasteiger partial charge in [0.2, 0.25) is 0 Å². The van der Waals surface area contributed by atoms with Crippen molar-refractivity contribution in [1.29, 1.82) is 0 Å². The molecule has 1 aromatic heterocycles. The molecule has 0 saturated heterocycles. The number of ether oxygens (including phenoxy) is 3. The van der Waals surface area contributed by atoms with E-state index in [1.807, 2.05) is 54.6 Å². The maximum atomic E-state index is 12.1. The van der Waals surface area contributed by atoms with Crippen molar-refractivity contribution in [3.8, 4) is 11.5 Å². The van der Waals surface area contributed by atoms with Gasteiger partial charge in [0.05, 0.1) is 7.11 Å². The molecule has 0 bridgehead atoms. The molecule has 0 fully saturated rings. The molecule has 0 aliphatic carbocycles. The fraction of sp³-hybridized carbons (Fsp3) is 0.158. The van der Waals surface area contributed by atoms with Gasteiger partial charge in [0.25, 0.3) is 0 Å². The lowest BCUT2D eigenvalue weighted by Crippen LogP contribution is -2.10. The number of para-hydroxylation sites is 1. The molecule has 0 radical (unpaired) electrons. The van der Waals surface area contributed by atoms with Gasteiger partial charge in [-0.25, -0.2) is 9.48 Å². The van der Waals surface area contributed by atoms with Gasteiger partial charge in [0, 0.05) is 6.20 Å². The summed E-state index contributed by atoms with van der Waals surface area (Å²) in [4.78, 5) is 12.1. The van der Waals surface area contributed by atoms with Crippen LogP contribution in [0.25, 0.3) is 0 Å². The van der Waals surface area contributed by atoms with E-state index in [0.29, 0.717) is 0 Å². The van der Waals surface area contributed by atoms with Gasteiger partial charge in [-0.05, 0) is 35.9 Å². The molecular formula is C19H18N2O4. The minimum atomic E-state index is -0.485. The Labute approximate surface area is 145 Å². The number of hydrogen-bond acceptors (Lipinski definition) is 5. The van der Waals surface area contributed by atoms with E-state index in [0.717, 1.165) is 17.1 Å². The van der Waals surface area contributed by atoms with E-state index in [1.54, 1.807) is 19.4 Å². The van der Waals surface area contributed by atoms with Crippen molar-refractivity contribution in [2.75, 3.05) is 7.11 Å². The number of nitrogens with zero attached hydrogens (tertiary/aromatic N) is 2. The molecule has 3 aromatic rings. The number of aromatic nitrogens is 2. The van der Waals surface area contributed by atoms with Crippen molar-refractivity contribution in [2.45, 2.75) is 13.3 Å². The molecule has 0 spiro atoms. The van der Waals surface area contributed by atoms with Crippen molar-refractivity contribution >= 4 is 5.97 Å². The maximum Gasteiger partial charge on any atom is 0.359 e. The normalized spacial score (nSPS) is 10.3. The van der Waals surface area contributed by atoms with Crippen LogP contribution >= 0.6 is 0 Å². The average Bonchev–Trinajstić information content (AvgIpc) is 3.14. The highest BCUT2D eigenvalue weighted by molar-refractivity contribution is 5.87. The van der Waals surface area contributed by atoms with E-state index in [2.05, 4.69) is 5.10 Å². The monoisotopic (exact) mass is 338 g/mol. The molecule has 6 heteroatoms. The first kappa shape index (κ1) is 16.6. The van der Waals surface area contributed by atoms with Crippen LogP contribution in [-0.4, -0.2) is 22.9 Å². The summed E-state index contributed by atoms with van der Waals surface area (Å²) >= 11 is 0. The van der Waals surface area contributed by atoms with Crippen molar-refractivity contribution in [3.63, 3.8) is 0 Å². The number of benzene rings is 2. The molecular weight excluding hydrogens is 320 g/mol. The molecule has 0 atom stereocenters. The van der Waals surface area contributed by atoms with Crippen LogP contribution in [0.1, 0.15) is 16.1 Å². The highest BCUT2D eigenvalue weighted by Crippen LogP contribution is 2.14. The molecule has 3 rings (SSSR count). The maximum absolute atomic E-state index is 12.1. The van der Waals surface area contributed by atoms with E-state index in [-0.39, 0.29) is 19.0 Å². The molecule has 128 valence electrons. The Kier molecular flexibility index (Phi) is 5.31. The van der Waals surface area contributed by atoms with E-state index in [4.69, 9.17) is 14.2 Å². The van der Waals surface area contributed by atoms with Gasteiger partial charge in [-0.3, -0.25) is 0 Å². The molecule has 2 aromatic carbocycles. The molecule has 0 unspecified atom stereocenters. The Bertz CT molecular complexity index is 830. The zero-order valence-corrected chi connectivity index (χ0v) is 13.8. The van der Waals surface area contributed by atoms with E-state index in [9.17, 15) is 4.79 Å². The van der Waals surface area contributed by atoms with Crippen molar-refractivity contribution in [2.24, 2.45) is 0 Å². The van der Waals surface area contributed by atoms with Gasteiger partial charge in [-0.2, -0.15) is 5.10 Å². The number of carbonyl (C=O) groups is 1. The quantitative estimate of drug-likeness (QED) is 0.619. The Hall–Kier alpha value is -3.28. The second-order valence-corrected chi connectivity index (χ2v) is 5.25. The average molecular weight is 338 g/mol. The zero-order valence-electron chi connectivity index (χ0n) is 13.8. The molecule has 0 saturated carbocycles. The number of hydrogen-bond donors (Lipinski definition) is 0. The fourth-order valence-electron chi connectivity index (χ4n) is 2.18. The molecule has 1 heterocycles. The summed E-state index contributed by atoms with van der Waals surface area (Å²) in [6.45, 7) is 0.372. The third-order valence-electron chi connectivity index (χ3n) is 3.46. The minimum absolute atomic E-state index is 0.156. The highest BCUT2D eigenvalue weighted by atomic mass is 16.5. The summed E-state index contributed by atoms with van der Waals surface area (Å²) in [5.41, 5.74) is 1.08. The predicted molar refractivity (Wildman–Crippen MR) is 91.4 cm³/mol. The van der Waals surface area contributed by atoms with E-state index < -0.39 is 5.97 Å². The lowest BCUT2D eigenvalue weighted by molar-refractivity contribution is 0.0463. The second kappa shape index (κ2) is 8.01. The highest BCUT2D eigenvalue weighted by Gasteiger charge is 2.11. The third-order valence-corrected chi connectivity index (χ3v) is 3.46. The molecule has 0 aliphatic heterocycles. The molecule has 0 amide bonds. The lowest BCUT2D eigenvalue weighted by Gasteiger charge is -2.06. The Morgan fingerprint density at radius 1 is 1.04 bits per heavy atom. The van der Waals surface area contributed by atoms with Crippen molar-refractivity contribution in [1.82, 2.24) is 9.78 Å². The van der Waals surface area contributed by atoms with Crippen LogP contribution in [0.4, 0.5) is 0 Å². The van der Waals surface area contributed by atoms with Crippen LogP contribution in [0.3, 0.4) is 0 Å². The van der Waals surface area contributed by atoms with Crippen LogP contribution in [0.2, 0.25) is 0 Å². The van der Waals surface area contributed by atoms with Crippen molar-refractivity contribution in [3.05, 3.63) is 78.1 Å². The SMILES string of the molecule is COc1cccc(COC(=O)c2ccn(COc3ccccc3)n2)c1. The summed E-state index contributed by atoms with van der Waals surface area (Å²) in [5, 5.41) is 4.16. The molecule has 0 N–H and O–H groups in total. The Morgan fingerprint density at radius 3 is 2.64 bits per heavy atom. The van der Waals surface area contributed by atoms with Crippen LogP contribution in [0.5, 0.6) is 11.5 Å². The second-order valence-electron chi connectivity index (χ2n) is 5.25. The molecule has 25 heavy (non-hydrogen) atoms. The summed E-state index contributed by atoms with van der Waals surface area (Å²) in [6, 6.07) is 18.4.